The fourth-order valence-corrected chi connectivity index (χ4v) is 3.92. The van der Waals surface area contributed by atoms with Crippen LogP contribution in [-0.4, -0.2) is 30.3 Å². The number of likely N-dealkylation sites (N-methyl/N-ethyl adjacent to an activating group) is 1. The first-order chi connectivity index (χ1) is 13.6. The number of carbonyl (C=O) groups is 1. The Morgan fingerprint density at radius 1 is 1.18 bits per heavy atom. The highest BCUT2D eigenvalue weighted by molar-refractivity contribution is 9.10. The molecule has 2 nitrogen and oxygen atoms in total. The van der Waals surface area contributed by atoms with Crippen LogP contribution in [0.25, 0.3) is 5.57 Å². The number of nitrogens with zero attached hydrogens (tertiary/aromatic N) is 1. The minimum atomic E-state index is -0.564. The van der Waals surface area contributed by atoms with E-state index in [2.05, 4.69) is 64.7 Å². The van der Waals surface area contributed by atoms with E-state index in [0.717, 1.165) is 23.1 Å². The molecule has 0 radical (unpaired) electrons. The fraction of sp³-hybridized carbons (Fsp3) is 0.240. The Morgan fingerprint density at radius 3 is 2.46 bits per heavy atom. The highest BCUT2D eigenvalue weighted by Crippen LogP contribution is 2.37. The van der Waals surface area contributed by atoms with Crippen LogP contribution in [-0.2, 0) is 0 Å². The molecule has 0 N–H and O–H groups in total. The summed E-state index contributed by atoms with van der Waals surface area (Å²) in [5.41, 5.74) is 2.54. The Morgan fingerprint density at radius 2 is 1.89 bits per heavy atom. The standard InChI is InChI=1S/C25H26BrNO/c1-3-18-27(4-2)19-25(24(28)22-10-12-23(26)13-11-22)16-14-21(15-17-25)20-8-6-5-7-9-20/h3,5-16H,1,4,17-19H2,2H3. The molecule has 0 saturated carbocycles. The van der Waals surface area contributed by atoms with Gasteiger partial charge in [0.15, 0.2) is 5.78 Å². The summed E-state index contributed by atoms with van der Waals surface area (Å²) < 4.78 is 0.977. The fourth-order valence-electron chi connectivity index (χ4n) is 3.66. The third-order valence-electron chi connectivity index (χ3n) is 5.27. The van der Waals surface area contributed by atoms with Gasteiger partial charge < -0.3 is 0 Å². The number of rotatable bonds is 8. The SMILES string of the molecule is C=CCN(CC)CC1(C(=O)c2ccc(Br)cc2)C=CC(c2ccccc2)=CC1. The van der Waals surface area contributed by atoms with Crippen LogP contribution in [0.5, 0.6) is 0 Å². The molecule has 0 aromatic heterocycles. The minimum Gasteiger partial charge on any atom is -0.299 e. The molecular formula is C25H26BrNO. The van der Waals surface area contributed by atoms with Crippen LogP contribution in [0.3, 0.4) is 0 Å². The Balaban J connectivity index is 1.93. The van der Waals surface area contributed by atoms with Crippen LogP contribution in [0.4, 0.5) is 0 Å². The summed E-state index contributed by atoms with van der Waals surface area (Å²) in [6.07, 6.45) is 9.02. The molecule has 2 aromatic carbocycles. The molecule has 0 fully saturated rings. The molecule has 2 aromatic rings. The number of carbonyl (C=O) groups excluding carboxylic acids is 1. The zero-order chi connectivity index (χ0) is 20.0. The second-order valence-corrected chi connectivity index (χ2v) is 8.09. The highest BCUT2D eigenvalue weighted by Gasteiger charge is 2.38. The van der Waals surface area contributed by atoms with Gasteiger partial charge >= 0.3 is 0 Å². The molecule has 1 aliphatic carbocycles. The van der Waals surface area contributed by atoms with E-state index >= 15 is 0 Å². The van der Waals surface area contributed by atoms with Crippen molar-refractivity contribution in [3.05, 3.63) is 101 Å². The lowest BCUT2D eigenvalue weighted by Gasteiger charge is -2.36. The lowest BCUT2D eigenvalue weighted by atomic mass is 9.73. The second-order valence-electron chi connectivity index (χ2n) is 7.17. The maximum atomic E-state index is 13.6. The van der Waals surface area contributed by atoms with Gasteiger partial charge in [-0.2, -0.15) is 0 Å². The lowest BCUT2D eigenvalue weighted by molar-refractivity contribution is 0.0797. The van der Waals surface area contributed by atoms with Crippen molar-refractivity contribution >= 4 is 27.3 Å². The van der Waals surface area contributed by atoms with Crippen molar-refractivity contribution in [2.75, 3.05) is 19.6 Å². The van der Waals surface area contributed by atoms with Crippen molar-refractivity contribution < 1.29 is 4.79 Å². The molecule has 0 saturated heterocycles. The number of benzene rings is 2. The molecule has 0 spiro atoms. The molecule has 0 heterocycles. The molecule has 0 aliphatic heterocycles. The maximum absolute atomic E-state index is 13.6. The van der Waals surface area contributed by atoms with Gasteiger partial charge in [-0.3, -0.25) is 9.69 Å². The summed E-state index contributed by atoms with van der Waals surface area (Å²) in [6.45, 7) is 8.32. The van der Waals surface area contributed by atoms with Gasteiger partial charge in [-0.15, -0.1) is 6.58 Å². The van der Waals surface area contributed by atoms with Crippen LogP contribution >= 0.6 is 15.9 Å². The summed E-state index contributed by atoms with van der Waals surface area (Å²) in [4.78, 5) is 15.9. The van der Waals surface area contributed by atoms with Gasteiger partial charge in [0, 0.05) is 23.1 Å². The van der Waals surface area contributed by atoms with Crippen LogP contribution < -0.4 is 0 Å². The molecule has 0 amide bonds. The number of hydrogen-bond acceptors (Lipinski definition) is 2. The van der Waals surface area contributed by atoms with Crippen LogP contribution in [0.15, 0.2) is 90.0 Å². The van der Waals surface area contributed by atoms with Gasteiger partial charge in [0.25, 0.3) is 0 Å². The number of allylic oxidation sites excluding steroid dienone is 3. The predicted octanol–water partition coefficient (Wildman–Crippen LogP) is 6.17. The van der Waals surface area contributed by atoms with E-state index in [1.807, 2.05) is 48.5 Å². The van der Waals surface area contributed by atoms with Gasteiger partial charge in [-0.25, -0.2) is 0 Å². The first-order valence-corrected chi connectivity index (χ1v) is 10.5. The topological polar surface area (TPSA) is 20.3 Å². The van der Waals surface area contributed by atoms with E-state index in [1.54, 1.807) is 0 Å². The van der Waals surface area contributed by atoms with Crippen molar-refractivity contribution in [3.63, 3.8) is 0 Å². The van der Waals surface area contributed by atoms with Crippen LogP contribution in [0, 0.1) is 5.41 Å². The van der Waals surface area contributed by atoms with E-state index in [-0.39, 0.29) is 5.78 Å². The Hall–Kier alpha value is -2.23. The van der Waals surface area contributed by atoms with Crippen LogP contribution in [0.2, 0.25) is 0 Å². The lowest BCUT2D eigenvalue weighted by Crippen LogP contribution is -2.42. The van der Waals surface area contributed by atoms with Crippen molar-refractivity contribution in [1.82, 2.24) is 4.90 Å². The third-order valence-corrected chi connectivity index (χ3v) is 5.80. The molecular weight excluding hydrogens is 410 g/mol. The van der Waals surface area contributed by atoms with Gasteiger partial charge in [0.2, 0.25) is 0 Å². The smallest absolute Gasteiger partial charge is 0.174 e. The molecule has 3 rings (SSSR count). The van der Waals surface area contributed by atoms with Crippen molar-refractivity contribution in [2.24, 2.45) is 5.41 Å². The first-order valence-electron chi connectivity index (χ1n) is 9.66. The Labute approximate surface area is 176 Å². The molecule has 3 heteroatoms. The largest absolute Gasteiger partial charge is 0.299 e. The van der Waals surface area contributed by atoms with Gasteiger partial charge in [0.1, 0.15) is 0 Å². The molecule has 0 bridgehead atoms. The Bertz CT molecular complexity index is 883. The first kappa shape index (κ1) is 20.5. The van der Waals surface area contributed by atoms with Crippen molar-refractivity contribution in [3.8, 4) is 0 Å². The van der Waals surface area contributed by atoms with Crippen LogP contribution in [0.1, 0.15) is 29.3 Å². The summed E-state index contributed by atoms with van der Waals surface area (Å²) in [7, 11) is 0. The normalized spacial score (nSPS) is 18.8. The summed E-state index contributed by atoms with van der Waals surface area (Å²) in [5, 5.41) is 0. The van der Waals surface area contributed by atoms with Gasteiger partial charge in [-0.1, -0.05) is 89.6 Å². The zero-order valence-corrected chi connectivity index (χ0v) is 17.9. The van der Waals surface area contributed by atoms with E-state index in [0.29, 0.717) is 13.0 Å². The number of Topliss-reactive ketones (excluding diaryl/α,β-unsaturated/α-hetero) is 1. The van der Waals surface area contributed by atoms with E-state index in [9.17, 15) is 4.79 Å². The molecule has 1 atom stereocenters. The number of ketones is 1. The van der Waals surface area contributed by atoms with E-state index in [1.165, 1.54) is 11.1 Å². The zero-order valence-electron chi connectivity index (χ0n) is 16.3. The predicted molar refractivity (Wildman–Crippen MR) is 121 cm³/mol. The maximum Gasteiger partial charge on any atom is 0.174 e. The van der Waals surface area contributed by atoms with Gasteiger partial charge in [0.05, 0.1) is 5.41 Å². The molecule has 28 heavy (non-hydrogen) atoms. The molecule has 1 unspecified atom stereocenters. The minimum absolute atomic E-state index is 0.169. The average molecular weight is 436 g/mol. The third kappa shape index (κ3) is 4.60. The second kappa shape index (κ2) is 9.31. The summed E-state index contributed by atoms with van der Waals surface area (Å²) in [6, 6.07) is 18.0. The Kier molecular flexibility index (Phi) is 6.82. The number of halogens is 1. The van der Waals surface area contributed by atoms with E-state index in [4.69, 9.17) is 0 Å². The van der Waals surface area contributed by atoms with Crippen molar-refractivity contribution in [1.29, 1.82) is 0 Å². The van der Waals surface area contributed by atoms with Gasteiger partial charge in [-0.05, 0) is 36.2 Å². The highest BCUT2D eigenvalue weighted by atomic mass is 79.9. The summed E-state index contributed by atoms with van der Waals surface area (Å²) >= 11 is 3.46. The molecule has 144 valence electrons. The summed E-state index contributed by atoms with van der Waals surface area (Å²) in [5.74, 6) is 0.169. The molecule has 1 aliphatic rings. The number of hydrogen-bond donors (Lipinski definition) is 0. The average Bonchev–Trinajstić information content (AvgIpc) is 2.74. The monoisotopic (exact) mass is 435 g/mol. The quantitative estimate of drug-likeness (QED) is 0.364. The van der Waals surface area contributed by atoms with Crippen molar-refractivity contribution in [2.45, 2.75) is 13.3 Å². The van der Waals surface area contributed by atoms with E-state index < -0.39 is 5.41 Å².